The molecule has 1 heteroatoms. The summed E-state index contributed by atoms with van der Waals surface area (Å²) in [6.45, 7) is 6.68. The summed E-state index contributed by atoms with van der Waals surface area (Å²) in [5.74, 6) is 0. The number of hydrogen-bond donors (Lipinski definition) is 0. The van der Waals surface area contributed by atoms with Gasteiger partial charge < -0.3 is 0 Å². The summed E-state index contributed by atoms with van der Waals surface area (Å²) >= 11 is 3.16. The van der Waals surface area contributed by atoms with E-state index in [2.05, 4.69) is 52.0 Å². The van der Waals surface area contributed by atoms with Crippen molar-refractivity contribution in [3.05, 3.63) is 46.6 Å². The van der Waals surface area contributed by atoms with Crippen molar-refractivity contribution in [2.75, 3.05) is 0 Å². The van der Waals surface area contributed by atoms with Crippen molar-refractivity contribution in [2.24, 2.45) is 0 Å². The highest BCUT2D eigenvalue weighted by atomic mass is 79.9. The van der Waals surface area contributed by atoms with Gasteiger partial charge in [-0.2, -0.15) is 0 Å². The van der Waals surface area contributed by atoms with Gasteiger partial charge in [0.05, 0.1) is 4.48 Å². The third-order valence-electron chi connectivity index (χ3n) is 0.499. The van der Waals surface area contributed by atoms with E-state index < -0.39 is 0 Å². The quantitative estimate of drug-likeness (QED) is 0.431. The fourth-order valence-corrected chi connectivity index (χ4v) is 0.491. The molecule has 44 valence electrons. The normalized spacial score (nSPS) is 5.44. The molecule has 0 aliphatic carbocycles. The van der Waals surface area contributed by atoms with E-state index in [0.717, 1.165) is 4.48 Å². The van der Waals surface area contributed by atoms with Gasteiger partial charge in [-0.15, -0.1) is 5.73 Å². The summed E-state index contributed by atoms with van der Waals surface area (Å²) in [6, 6.07) is 0. The zero-order chi connectivity index (χ0) is 7.11. The van der Waals surface area contributed by atoms with Crippen molar-refractivity contribution >= 4 is 15.9 Å². The fourth-order valence-electron chi connectivity index (χ4n) is 0.230. The second kappa shape index (κ2) is 5.22. The van der Waals surface area contributed by atoms with Gasteiger partial charge in [0.1, 0.15) is 0 Å². The predicted molar refractivity (Wildman–Crippen MR) is 42.3 cm³/mol. The van der Waals surface area contributed by atoms with Gasteiger partial charge in [0.25, 0.3) is 0 Å². The van der Waals surface area contributed by atoms with E-state index in [1.807, 2.05) is 0 Å². The number of hydrogen-bond acceptors (Lipinski definition) is 0. The highest BCUT2D eigenvalue weighted by Crippen LogP contribution is 2.00. The Balaban J connectivity index is 4.75. The first kappa shape index (κ1) is 8.08. The third kappa shape index (κ3) is 4.94. The molecule has 0 N–H and O–H groups in total. The molecule has 0 aliphatic rings. The lowest BCUT2D eigenvalue weighted by Crippen LogP contribution is -1.48. The monoisotopic (exact) mass is 180 g/mol. The van der Waals surface area contributed by atoms with Crippen LogP contribution in [0.5, 0.6) is 0 Å². The van der Waals surface area contributed by atoms with E-state index in [4.69, 9.17) is 0 Å². The van der Waals surface area contributed by atoms with Gasteiger partial charge in [-0.1, -0.05) is 12.3 Å². The molecule has 0 bridgehead atoms. The van der Waals surface area contributed by atoms with Crippen molar-refractivity contribution in [1.82, 2.24) is 0 Å². The molecule has 0 spiro atoms. The summed E-state index contributed by atoms with van der Waals surface area (Å²) in [4.78, 5) is 0. The van der Waals surface area contributed by atoms with Crippen molar-refractivity contribution in [3.63, 3.8) is 0 Å². The van der Waals surface area contributed by atoms with E-state index in [-0.39, 0.29) is 0 Å². The molecule has 0 fully saturated rings. The fraction of sp³-hybridized carbons (Fsp3) is 0. The smallest absolute Gasteiger partial charge is 0.0760 e. The van der Waals surface area contributed by atoms with Crippen molar-refractivity contribution in [2.45, 2.75) is 0 Å². The second-order valence-corrected chi connectivity index (χ2v) is 1.98. The van der Waals surface area contributed by atoms with Crippen molar-refractivity contribution < 1.29 is 0 Å². The van der Waals surface area contributed by atoms with Crippen LogP contribution in [0.3, 0.4) is 0 Å². The Kier molecular flexibility index (Phi) is 4.69. The summed E-state index contributed by atoms with van der Waals surface area (Å²) in [7, 11) is 0. The van der Waals surface area contributed by atoms with E-state index in [1.165, 1.54) is 0 Å². The molecule has 0 rings (SSSR count). The van der Waals surface area contributed by atoms with Crippen LogP contribution in [-0.4, -0.2) is 0 Å². The van der Waals surface area contributed by atoms with Gasteiger partial charge in [-0.3, -0.25) is 0 Å². The highest BCUT2D eigenvalue weighted by Gasteiger charge is 1.72. The Labute approximate surface area is 63.0 Å². The van der Waals surface area contributed by atoms with Crippen LogP contribution >= 0.6 is 15.9 Å². The average Bonchev–Trinajstić information content (AvgIpc) is 1.85. The molecule has 0 radical (unpaired) electrons. The molecule has 0 aliphatic heterocycles. The van der Waals surface area contributed by atoms with E-state index in [9.17, 15) is 0 Å². The summed E-state index contributed by atoms with van der Waals surface area (Å²) in [5, 5.41) is 0. The molecule has 0 nitrogen and oxygen atoms in total. The minimum Gasteiger partial charge on any atom is -0.127 e. The van der Waals surface area contributed by atoms with Crippen LogP contribution in [0.2, 0.25) is 0 Å². The standard InChI is InChI=1S/C8H5Br/c1-3-5-7-8(9)6-4-2/h6H,1-2H2. The number of halogens is 1. The Hall–Kier alpha value is -0.920. The number of allylic oxidation sites excluding steroid dienone is 2. The van der Waals surface area contributed by atoms with Gasteiger partial charge in [0.2, 0.25) is 0 Å². The zero-order valence-corrected chi connectivity index (χ0v) is 6.46. The molecule has 9 heavy (non-hydrogen) atoms. The van der Waals surface area contributed by atoms with Crippen LogP contribution in [0.25, 0.3) is 0 Å². The molecule has 0 unspecified atom stereocenters. The minimum atomic E-state index is 0.730. The van der Waals surface area contributed by atoms with Gasteiger partial charge in [-0.05, 0) is 34.0 Å². The SMILES string of the molecule is C=C=C=C=C(Br)C=C=C. The van der Waals surface area contributed by atoms with Crippen LogP contribution in [0.15, 0.2) is 46.6 Å². The zero-order valence-electron chi connectivity index (χ0n) is 4.87. The first-order valence-corrected chi connectivity index (χ1v) is 3.02. The maximum absolute atomic E-state index is 3.37. The molecule has 0 aromatic rings. The maximum Gasteiger partial charge on any atom is 0.0760 e. The van der Waals surface area contributed by atoms with Crippen LogP contribution in [-0.2, 0) is 0 Å². The first-order chi connectivity index (χ1) is 4.31. The summed E-state index contributed by atoms with van der Waals surface area (Å²) < 4.78 is 0.730. The van der Waals surface area contributed by atoms with Crippen molar-refractivity contribution in [3.8, 4) is 0 Å². The van der Waals surface area contributed by atoms with E-state index in [1.54, 1.807) is 6.08 Å². The van der Waals surface area contributed by atoms with E-state index >= 15 is 0 Å². The third-order valence-corrected chi connectivity index (χ3v) is 0.926. The molecule has 0 atom stereocenters. The number of rotatable bonds is 1. The largest absolute Gasteiger partial charge is 0.127 e. The van der Waals surface area contributed by atoms with Gasteiger partial charge in [-0.25, -0.2) is 0 Å². The van der Waals surface area contributed by atoms with Crippen molar-refractivity contribution in [1.29, 1.82) is 0 Å². The molecule has 0 aromatic heterocycles. The second-order valence-electron chi connectivity index (χ2n) is 1.12. The van der Waals surface area contributed by atoms with E-state index in [0.29, 0.717) is 0 Å². The molecule has 0 saturated carbocycles. The lowest BCUT2D eigenvalue weighted by molar-refractivity contribution is 1.99. The van der Waals surface area contributed by atoms with Crippen LogP contribution in [0, 0.1) is 0 Å². The Morgan fingerprint density at radius 2 is 2.11 bits per heavy atom. The predicted octanol–water partition coefficient (Wildman–Crippen LogP) is 2.70. The lowest BCUT2D eigenvalue weighted by Gasteiger charge is -1.69. The molecule has 0 aromatic carbocycles. The Morgan fingerprint density at radius 3 is 2.56 bits per heavy atom. The molecular weight excluding hydrogens is 176 g/mol. The summed E-state index contributed by atoms with van der Waals surface area (Å²) in [6.07, 6.45) is 1.63. The van der Waals surface area contributed by atoms with Crippen LogP contribution in [0.1, 0.15) is 0 Å². The van der Waals surface area contributed by atoms with Gasteiger partial charge in [0, 0.05) is 6.08 Å². The lowest BCUT2D eigenvalue weighted by atomic mass is 10.5. The van der Waals surface area contributed by atoms with Gasteiger partial charge >= 0.3 is 0 Å². The first-order valence-electron chi connectivity index (χ1n) is 2.22. The Morgan fingerprint density at radius 1 is 1.44 bits per heavy atom. The maximum atomic E-state index is 3.37. The summed E-state index contributed by atoms with van der Waals surface area (Å²) in [5.41, 5.74) is 10.2. The van der Waals surface area contributed by atoms with Crippen LogP contribution < -0.4 is 0 Å². The minimum absolute atomic E-state index is 0.730. The highest BCUT2D eigenvalue weighted by molar-refractivity contribution is 9.11. The van der Waals surface area contributed by atoms with Crippen LogP contribution in [0.4, 0.5) is 0 Å². The molecular formula is C8H5Br. The topological polar surface area (TPSA) is 0 Å². The molecule has 0 saturated heterocycles. The average molecular weight is 181 g/mol. The van der Waals surface area contributed by atoms with Gasteiger partial charge in [0.15, 0.2) is 0 Å². The molecule has 0 amide bonds. The Bertz CT molecular complexity index is 248. The molecule has 0 heterocycles.